The smallest absolute Gasteiger partial charge is 0.264 e. The van der Waals surface area contributed by atoms with Gasteiger partial charge in [-0.2, -0.15) is 0 Å². The second kappa shape index (κ2) is 9.34. The van der Waals surface area contributed by atoms with Crippen LogP contribution < -0.4 is 14.5 Å². The Hall–Kier alpha value is -3.98. The third-order valence-electron chi connectivity index (χ3n) is 6.08. The monoisotopic (exact) mass is 487 g/mol. The van der Waals surface area contributed by atoms with E-state index >= 15 is 0 Å². The van der Waals surface area contributed by atoms with Gasteiger partial charge in [-0.3, -0.25) is 9.10 Å². The summed E-state index contributed by atoms with van der Waals surface area (Å²) in [7, 11) is -2.26. The minimum absolute atomic E-state index is 0.101. The van der Waals surface area contributed by atoms with Gasteiger partial charge in [0.1, 0.15) is 0 Å². The minimum Gasteiger partial charge on any atom is -0.354 e. The molecule has 35 heavy (non-hydrogen) atoms. The first-order chi connectivity index (χ1) is 16.9. The Morgan fingerprint density at radius 3 is 2.11 bits per heavy atom. The molecule has 0 bridgehead atoms. The lowest BCUT2D eigenvalue weighted by atomic mass is 10.2. The van der Waals surface area contributed by atoms with Gasteiger partial charge in [0.25, 0.3) is 15.9 Å². The predicted molar refractivity (Wildman–Crippen MR) is 137 cm³/mol. The Bertz CT molecular complexity index is 1470. The van der Waals surface area contributed by atoms with E-state index in [4.69, 9.17) is 4.98 Å². The van der Waals surface area contributed by atoms with Crippen molar-refractivity contribution in [2.24, 2.45) is 0 Å². The van der Waals surface area contributed by atoms with Crippen LogP contribution in [0.2, 0.25) is 0 Å². The maximum absolute atomic E-state index is 13.1. The highest BCUT2D eigenvalue weighted by molar-refractivity contribution is 7.92. The summed E-state index contributed by atoms with van der Waals surface area (Å²) < 4.78 is 27.3. The first-order valence-corrected chi connectivity index (χ1v) is 12.8. The van der Waals surface area contributed by atoms with Crippen molar-refractivity contribution in [2.45, 2.75) is 17.7 Å². The second-order valence-electron chi connectivity index (χ2n) is 8.37. The van der Waals surface area contributed by atoms with E-state index in [9.17, 15) is 13.2 Å². The number of nitrogens with one attached hydrogen (secondary N) is 1. The molecule has 0 aliphatic carbocycles. The number of benzene rings is 3. The number of sulfonamides is 1. The van der Waals surface area contributed by atoms with Gasteiger partial charge >= 0.3 is 0 Å². The highest BCUT2D eigenvalue weighted by atomic mass is 32.2. The number of hydrogen-bond donors (Lipinski definition) is 1. The fourth-order valence-corrected chi connectivity index (χ4v) is 5.31. The SMILES string of the molecule is CN(c1ccccc1)S(=O)(=O)c1ccc(C(=O)Nc2nc3ccccc3nc2N2CCCC2)cc1. The summed E-state index contributed by atoms with van der Waals surface area (Å²) in [5.74, 6) is 0.671. The van der Waals surface area contributed by atoms with Crippen molar-refractivity contribution in [3.63, 3.8) is 0 Å². The zero-order valence-electron chi connectivity index (χ0n) is 19.3. The summed E-state index contributed by atoms with van der Waals surface area (Å²) in [5, 5.41) is 2.89. The minimum atomic E-state index is -3.76. The molecular formula is C26H25N5O3S. The molecule has 0 unspecified atom stereocenters. The van der Waals surface area contributed by atoms with E-state index in [-0.39, 0.29) is 10.8 Å². The number of para-hydroxylation sites is 3. The van der Waals surface area contributed by atoms with Crippen molar-refractivity contribution < 1.29 is 13.2 Å². The van der Waals surface area contributed by atoms with Crippen LogP contribution in [0.4, 0.5) is 17.3 Å². The molecule has 8 nitrogen and oxygen atoms in total. The average Bonchev–Trinajstić information content (AvgIpc) is 3.43. The number of amides is 1. The first kappa shape index (κ1) is 22.8. The number of nitrogens with zero attached hydrogens (tertiary/aromatic N) is 4. The number of aromatic nitrogens is 2. The highest BCUT2D eigenvalue weighted by Gasteiger charge is 2.23. The van der Waals surface area contributed by atoms with Crippen molar-refractivity contribution in [3.05, 3.63) is 84.4 Å². The third kappa shape index (κ3) is 4.54. The maximum atomic E-state index is 13.1. The molecule has 1 aromatic heterocycles. The Morgan fingerprint density at radius 2 is 1.46 bits per heavy atom. The summed E-state index contributed by atoms with van der Waals surface area (Å²) in [5.41, 5.74) is 2.34. The molecule has 4 aromatic rings. The van der Waals surface area contributed by atoms with Crippen molar-refractivity contribution in [1.82, 2.24) is 9.97 Å². The Labute approximate surface area is 204 Å². The molecule has 2 heterocycles. The van der Waals surface area contributed by atoms with Crippen molar-refractivity contribution in [3.8, 4) is 0 Å². The predicted octanol–water partition coefficient (Wildman–Crippen LogP) is 4.31. The standard InChI is InChI=1S/C26H25N5O3S/c1-30(20-9-3-2-4-10-20)35(33,34)21-15-13-19(14-16-21)26(32)29-24-25(31-17-7-8-18-31)28-23-12-6-5-11-22(23)27-24/h2-6,9-16H,7-8,17-18H2,1H3,(H,27,29,32). The van der Waals surface area contributed by atoms with Crippen molar-refractivity contribution >= 4 is 44.3 Å². The first-order valence-electron chi connectivity index (χ1n) is 11.4. The van der Waals surface area contributed by atoms with Gasteiger partial charge in [-0.05, 0) is 61.4 Å². The largest absolute Gasteiger partial charge is 0.354 e. The molecular weight excluding hydrogens is 462 g/mol. The molecule has 1 aliphatic heterocycles. The number of carbonyl (C=O) groups is 1. The average molecular weight is 488 g/mol. The van der Waals surface area contributed by atoms with Crippen LogP contribution in [0.3, 0.4) is 0 Å². The third-order valence-corrected chi connectivity index (χ3v) is 7.88. The topological polar surface area (TPSA) is 95.5 Å². The van der Waals surface area contributed by atoms with E-state index in [1.807, 2.05) is 30.3 Å². The van der Waals surface area contributed by atoms with Crippen LogP contribution in [0.25, 0.3) is 11.0 Å². The van der Waals surface area contributed by atoms with Crippen LogP contribution in [-0.2, 0) is 10.0 Å². The summed E-state index contributed by atoms with van der Waals surface area (Å²) in [4.78, 5) is 24.7. The molecule has 0 radical (unpaired) electrons. The number of carbonyl (C=O) groups excluding carboxylic acids is 1. The zero-order valence-corrected chi connectivity index (χ0v) is 20.1. The number of anilines is 3. The van der Waals surface area contributed by atoms with E-state index in [1.54, 1.807) is 24.3 Å². The molecule has 0 spiro atoms. The Morgan fingerprint density at radius 1 is 0.857 bits per heavy atom. The van der Waals surface area contributed by atoms with Gasteiger partial charge in [0.15, 0.2) is 11.6 Å². The van der Waals surface area contributed by atoms with Crippen LogP contribution >= 0.6 is 0 Å². The fourth-order valence-electron chi connectivity index (χ4n) is 4.12. The second-order valence-corrected chi connectivity index (χ2v) is 10.3. The highest BCUT2D eigenvalue weighted by Crippen LogP contribution is 2.28. The van der Waals surface area contributed by atoms with E-state index in [0.717, 1.165) is 31.4 Å². The fraction of sp³-hybridized carbons (Fsp3) is 0.192. The van der Waals surface area contributed by atoms with E-state index < -0.39 is 10.0 Å². The number of hydrogen-bond acceptors (Lipinski definition) is 6. The molecule has 0 saturated carbocycles. The molecule has 1 aliphatic rings. The maximum Gasteiger partial charge on any atom is 0.264 e. The van der Waals surface area contributed by atoms with Crippen LogP contribution in [0.5, 0.6) is 0 Å². The lowest BCUT2D eigenvalue weighted by molar-refractivity contribution is 0.102. The Kier molecular flexibility index (Phi) is 6.08. The van der Waals surface area contributed by atoms with E-state index in [2.05, 4.69) is 15.2 Å². The van der Waals surface area contributed by atoms with Crippen molar-refractivity contribution in [1.29, 1.82) is 0 Å². The van der Waals surface area contributed by atoms with Crippen LogP contribution in [0.15, 0.2) is 83.8 Å². The lowest BCUT2D eigenvalue weighted by Crippen LogP contribution is -2.26. The normalized spacial score (nSPS) is 13.7. The molecule has 3 aromatic carbocycles. The molecule has 1 fully saturated rings. The molecule has 1 saturated heterocycles. The molecule has 1 N–H and O–H groups in total. The lowest BCUT2D eigenvalue weighted by Gasteiger charge is -2.20. The van der Waals surface area contributed by atoms with E-state index in [0.29, 0.717) is 28.4 Å². The number of rotatable bonds is 6. The molecule has 0 atom stereocenters. The zero-order chi connectivity index (χ0) is 24.4. The van der Waals surface area contributed by atoms with Gasteiger partial charge in [0, 0.05) is 25.7 Å². The van der Waals surface area contributed by atoms with Crippen molar-refractivity contribution in [2.75, 3.05) is 34.7 Å². The van der Waals surface area contributed by atoms with Gasteiger partial charge in [-0.25, -0.2) is 18.4 Å². The molecule has 1 amide bonds. The molecule has 178 valence electrons. The van der Waals surface area contributed by atoms with E-state index in [1.165, 1.54) is 35.6 Å². The van der Waals surface area contributed by atoms with Gasteiger partial charge in [-0.1, -0.05) is 30.3 Å². The van der Waals surface area contributed by atoms with Gasteiger partial charge in [0.05, 0.1) is 21.6 Å². The molecule has 5 rings (SSSR count). The quantitative estimate of drug-likeness (QED) is 0.436. The Balaban J connectivity index is 1.40. The summed E-state index contributed by atoms with van der Waals surface area (Å²) in [6, 6.07) is 22.3. The molecule has 9 heteroatoms. The van der Waals surface area contributed by atoms with Crippen LogP contribution in [0, 0.1) is 0 Å². The summed E-state index contributed by atoms with van der Waals surface area (Å²) >= 11 is 0. The van der Waals surface area contributed by atoms with Crippen LogP contribution in [0.1, 0.15) is 23.2 Å². The van der Waals surface area contributed by atoms with Crippen LogP contribution in [-0.4, -0.2) is 44.4 Å². The summed E-state index contributed by atoms with van der Waals surface area (Å²) in [6.07, 6.45) is 2.13. The summed E-state index contributed by atoms with van der Waals surface area (Å²) in [6.45, 7) is 1.72. The van der Waals surface area contributed by atoms with Gasteiger partial charge < -0.3 is 10.2 Å². The number of fused-ring (bicyclic) bond motifs is 1. The van der Waals surface area contributed by atoms with Gasteiger partial charge in [0.2, 0.25) is 0 Å². The van der Waals surface area contributed by atoms with Gasteiger partial charge in [-0.15, -0.1) is 0 Å².